The van der Waals surface area contributed by atoms with Gasteiger partial charge in [0.1, 0.15) is 0 Å². The SMILES string of the molecule is COC(=O)c1ccc(C)c(NC(=O)CNc2ccccc2NC(=O)c2ccc(Cl)cc2)c1. The Morgan fingerprint density at radius 3 is 2.19 bits per heavy atom. The van der Waals surface area contributed by atoms with Crippen LogP contribution in [0.2, 0.25) is 5.02 Å². The zero-order valence-corrected chi connectivity index (χ0v) is 18.3. The van der Waals surface area contributed by atoms with Gasteiger partial charge in [0.15, 0.2) is 0 Å². The minimum atomic E-state index is -0.482. The summed E-state index contributed by atoms with van der Waals surface area (Å²) in [7, 11) is 1.30. The van der Waals surface area contributed by atoms with E-state index in [1.807, 2.05) is 6.92 Å². The van der Waals surface area contributed by atoms with Crippen LogP contribution >= 0.6 is 11.6 Å². The monoisotopic (exact) mass is 451 g/mol. The second kappa shape index (κ2) is 10.5. The summed E-state index contributed by atoms with van der Waals surface area (Å²) in [5.41, 5.74) is 3.25. The predicted octanol–water partition coefficient (Wildman–Crippen LogP) is 4.74. The summed E-state index contributed by atoms with van der Waals surface area (Å²) in [5, 5.41) is 9.18. The van der Waals surface area contributed by atoms with Crippen LogP contribution in [-0.2, 0) is 9.53 Å². The predicted molar refractivity (Wildman–Crippen MR) is 125 cm³/mol. The summed E-state index contributed by atoms with van der Waals surface area (Å²) in [5.74, 6) is -1.09. The quantitative estimate of drug-likeness (QED) is 0.451. The number of benzene rings is 3. The van der Waals surface area contributed by atoms with Crippen LogP contribution in [0.3, 0.4) is 0 Å². The smallest absolute Gasteiger partial charge is 0.337 e. The number of hydrogen-bond donors (Lipinski definition) is 3. The van der Waals surface area contributed by atoms with E-state index in [0.29, 0.717) is 33.2 Å². The molecule has 8 heteroatoms. The Hall–Kier alpha value is -3.84. The van der Waals surface area contributed by atoms with Gasteiger partial charge < -0.3 is 20.7 Å². The maximum absolute atomic E-state index is 12.5. The molecule has 0 aliphatic rings. The highest BCUT2D eigenvalue weighted by Crippen LogP contribution is 2.22. The van der Waals surface area contributed by atoms with E-state index in [-0.39, 0.29) is 18.4 Å². The summed E-state index contributed by atoms with van der Waals surface area (Å²) in [4.78, 5) is 36.7. The molecule has 7 nitrogen and oxygen atoms in total. The minimum absolute atomic E-state index is 0.0459. The highest BCUT2D eigenvalue weighted by atomic mass is 35.5. The molecule has 3 aromatic carbocycles. The number of amides is 2. The molecule has 0 saturated heterocycles. The number of methoxy groups -OCH3 is 1. The van der Waals surface area contributed by atoms with Gasteiger partial charge in [-0.2, -0.15) is 0 Å². The zero-order chi connectivity index (χ0) is 23.1. The Morgan fingerprint density at radius 1 is 0.844 bits per heavy atom. The van der Waals surface area contributed by atoms with Crippen molar-refractivity contribution < 1.29 is 19.1 Å². The topological polar surface area (TPSA) is 96.5 Å². The molecule has 2 amide bonds. The summed E-state index contributed by atoms with van der Waals surface area (Å²) in [6.45, 7) is 1.78. The van der Waals surface area contributed by atoms with Crippen molar-refractivity contribution in [3.05, 3.63) is 88.4 Å². The molecule has 0 heterocycles. The molecule has 0 bridgehead atoms. The van der Waals surface area contributed by atoms with Crippen molar-refractivity contribution in [1.29, 1.82) is 0 Å². The third kappa shape index (κ3) is 5.86. The summed E-state index contributed by atoms with van der Waals surface area (Å²) < 4.78 is 4.72. The van der Waals surface area contributed by atoms with Gasteiger partial charge in [-0.15, -0.1) is 0 Å². The number of nitrogens with one attached hydrogen (secondary N) is 3. The molecular weight excluding hydrogens is 430 g/mol. The third-order valence-corrected chi connectivity index (χ3v) is 4.91. The first-order chi connectivity index (χ1) is 15.4. The Labute approximate surface area is 190 Å². The highest BCUT2D eigenvalue weighted by molar-refractivity contribution is 6.30. The van der Waals surface area contributed by atoms with Crippen molar-refractivity contribution in [2.75, 3.05) is 29.6 Å². The van der Waals surface area contributed by atoms with E-state index in [1.54, 1.807) is 66.7 Å². The molecule has 164 valence electrons. The molecule has 3 aromatic rings. The van der Waals surface area contributed by atoms with Crippen molar-refractivity contribution in [3.8, 4) is 0 Å². The largest absolute Gasteiger partial charge is 0.465 e. The first-order valence-corrected chi connectivity index (χ1v) is 10.1. The molecule has 0 aliphatic heterocycles. The van der Waals surface area contributed by atoms with Crippen molar-refractivity contribution in [2.45, 2.75) is 6.92 Å². The number of rotatable bonds is 7. The summed E-state index contributed by atoms with van der Waals surface area (Å²) in [6.07, 6.45) is 0. The lowest BCUT2D eigenvalue weighted by atomic mass is 10.1. The van der Waals surface area contributed by atoms with Gasteiger partial charge in [-0.1, -0.05) is 29.8 Å². The molecule has 0 aromatic heterocycles. The lowest BCUT2D eigenvalue weighted by molar-refractivity contribution is -0.114. The Bertz CT molecular complexity index is 1150. The fourth-order valence-corrected chi connectivity index (χ4v) is 3.04. The van der Waals surface area contributed by atoms with E-state index >= 15 is 0 Å². The maximum Gasteiger partial charge on any atom is 0.337 e. The second-order valence-electron chi connectivity index (χ2n) is 6.93. The van der Waals surface area contributed by atoms with Crippen LogP contribution in [0.1, 0.15) is 26.3 Å². The number of para-hydroxylation sites is 2. The van der Waals surface area contributed by atoms with Gasteiger partial charge in [-0.05, 0) is 61.0 Å². The van der Waals surface area contributed by atoms with E-state index in [0.717, 1.165) is 5.56 Å². The van der Waals surface area contributed by atoms with Crippen molar-refractivity contribution >= 4 is 46.4 Å². The van der Waals surface area contributed by atoms with Gasteiger partial charge in [-0.3, -0.25) is 9.59 Å². The van der Waals surface area contributed by atoms with Crippen LogP contribution in [0.4, 0.5) is 17.1 Å². The Kier molecular flexibility index (Phi) is 7.46. The molecule has 0 fully saturated rings. The first kappa shape index (κ1) is 22.8. The van der Waals surface area contributed by atoms with Crippen LogP contribution in [0.5, 0.6) is 0 Å². The minimum Gasteiger partial charge on any atom is -0.465 e. The number of carbonyl (C=O) groups is 3. The van der Waals surface area contributed by atoms with E-state index in [2.05, 4.69) is 16.0 Å². The van der Waals surface area contributed by atoms with Crippen molar-refractivity contribution in [2.24, 2.45) is 0 Å². The van der Waals surface area contributed by atoms with E-state index in [4.69, 9.17) is 16.3 Å². The Balaban J connectivity index is 1.65. The Morgan fingerprint density at radius 2 is 1.50 bits per heavy atom. The third-order valence-electron chi connectivity index (χ3n) is 4.65. The zero-order valence-electron chi connectivity index (χ0n) is 17.6. The number of carbonyl (C=O) groups excluding carboxylic acids is 3. The number of aryl methyl sites for hydroxylation is 1. The fraction of sp³-hybridized carbons (Fsp3) is 0.125. The molecule has 0 atom stereocenters. The average molecular weight is 452 g/mol. The second-order valence-corrected chi connectivity index (χ2v) is 7.37. The van der Waals surface area contributed by atoms with Crippen LogP contribution < -0.4 is 16.0 Å². The number of hydrogen-bond acceptors (Lipinski definition) is 5. The lowest BCUT2D eigenvalue weighted by Gasteiger charge is -2.14. The van der Waals surface area contributed by atoms with Crippen LogP contribution in [-0.4, -0.2) is 31.4 Å². The number of anilines is 3. The summed E-state index contributed by atoms with van der Waals surface area (Å²) >= 11 is 5.87. The molecule has 0 spiro atoms. The molecule has 0 aliphatic carbocycles. The van der Waals surface area contributed by atoms with Gasteiger partial charge in [0.25, 0.3) is 5.91 Å². The average Bonchev–Trinajstić information content (AvgIpc) is 2.79. The van der Waals surface area contributed by atoms with Gasteiger partial charge in [0, 0.05) is 16.3 Å². The molecule has 3 rings (SSSR count). The normalized spacial score (nSPS) is 10.2. The van der Waals surface area contributed by atoms with E-state index < -0.39 is 5.97 Å². The van der Waals surface area contributed by atoms with Crippen LogP contribution in [0, 0.1) is 6.92 Å². The number of esters is 1. The van der Waals surface area contributed by atoms with Gasteiger partial charge in [0.05, 0.1) is 30.6 Å². The molecule has 0 radical (unpaired) electrons. The van der Waals surface area contributed by atoms with Crippen molar-refractivity contribution in [1.82, 2.24) is 0 Å². The fourth-order valence-electron chi connectivity index (χ4n) is 2.91. The molecule has 3 N–H and O–H groups in total. The highest BCUT2D eigenvalue weighted by Gasteiger charge is 2.12. The number of ether oxygens (including phenoxy) is 1. The molecular formula is C24H22ClN3O4. The van der Waals surface area contributed by atoms with Crippen LogP contribution in [0.15, 0.2) is 66.7 Å². The van der Waals surface area contributed by atoms with Gasteiger partial charge >= 0.3 is 5.97 Å². The molecule has 0 unspecified atom stereocenters. The number of halogens is 1. The summed E-state index contributed by atoms with van der Waals surface area (Å²) in [6, 6.07) is 18.5. The van der Waals surface area contributed by atoms with E-state index in [9.17, 15) is 14.4 Å². The van der Waals surface area contributed by atoms with Crippen LogP contribution in [0.25, 0.3) is 0 Å². The van der Waals surface area contributed by atoms with Crippen molar-refractivity contribution in [3.63, 3.8) is 0 Å². The maximum atomic E-state index is 12.5. The molecule has 0 saturated carbocycles. The van der Waals surface area contributed by atoms with Gasteiger partial charge in [-0.25, -0.2) is 4.79 Å². The van der Waals surface area contributed by atoms with Gasteiger partial charge in [0.2, 0.25) is 5.91 Å². The standard InChI is InChI=1S/C24H22ClN3O4/c1-15-7-8-17(24(31)32-2)13-21(15)27-22(29)14-26-19-5-3-4-6-20(19)28-23(30)16-9-11-18(25)12-10-16/h3-13,26H,14H2,1-2H3,(H,27,29)(H,28,30). The first-order valence-electron chi connectivity index (χ1n) is 9.76. The molecule has 32 heavy (non-hydrogen) atoms. The lowest BCUT2D eigenvalue weighted by Crippen LogP contribution is -2.23. The van der Waals surface area contributed by atoms with E-state index in [1.165, 1.54) is 7.11 Å².